The fourth-order valence-electron chi connectivity index (χ4n) is 1.02. The van der Waals surface area contributed by atoms with Gasteiger partial charge in [0.2, 0.25) is 0 Å². The Balaban J connectivity index is 2.82. The molecule has 0 spiro atoms. The van der Waals surface area contributed by atoms with Crippen molar-refractivity contribution >= 4 is 21.6 Å². The van der Waals surface area contributed by atoms with Crippen molar-refractivity contribution in [2.24, 2.45) is 5.73 Å². The van der Waals surface area contributed by atoms with E-state index in [1.54, 1.807) is 12.1 Å². The molecule has 0 aliphatic heterocycles. The van der Waals surface area contributed by atoms with E-state index in [-0.39, 0.29) is 11.4 Å². The summed E-state index contributed by atoms with van der Waals surface area (Å²) in [6.07, 6.45) is 0.670. The van der Waals surface area contributed by atoms with Crippen molar-refractivity contribution < 1.29 is 9.66 Å². The summed E-state index contributed by atoms with van der Waals surface area (Å²) < 4.78 is 6.01. The topological polar surface area (TPSA) is 78.4 Å². The first-order chi connectivity index (χ1) is 7.15. The fourth-order valence-corrected chi connectivity index (χ4v) is 1.36. The van der Waals surface area contributed by atoms with Gasteiger partial charge in [-0.3, -0.25) is 10.1 Å². The van der Waals surface area contributed by atoms with E-state index in [0.717, 1.165) is 4.47 Å². The Labute approximate surface area is 95.5 Å². The van der Waals surface area contributed by atoms with Crippen molar-refractivity contribution in [3.8, 4) is 5.75 Å². The predicted molar refractivity (Wildman–Crippen MR) is 60.0 cm³/mol. The monoisotopic (exact) mass is 274 g/mol. The maximum atomic E-state index is 10.7. The second-order valence-corrected chi connectivity index (χ2v) is 3.78. The van der Waals surface area contributed by atoms with Gasteiger partial charge in [-0.05, 0) is 19.0 Å². The van der Waals surface area contributed by atoms with Crippen molar-refractivity contribution in [3.05, 3.63) is 32.8 Å². The molecule has 82 valence electrons. The van der Waals surface area contributed by atoms with E-state index >= 15 is 0 Å². The number of nitro benzene ring substituents is 1. The van der Waals surface area contributed by atoms with Crippen LogP contribution in [0.1, 0.15) is 6.42 Å². The molecular weight excluding hydrogens is 264 g/mol. The van der Waals surface area contributed by atoms with Gasteiger partial charge in [-0.1, -0.05) is 15.9 Å². The molecule has 0 aliphatic carbocycles. The smallest absolute Gasteiger partial charge is 0.310 e. The molecule has 0 saturated heterocycles. The van der Waals surface area contributed by atoms with Gasteiger partial charge in [0.1, 0.15) is 0 Å². The average Bonchev–Trinajstić information content (AvgIpc) is 2.18. The first-order valence-corrected chi connectivity index (χ1v) is 5.21. The van der Waals surface area contributed by atoms with Crippen LogP contribution in [0.15, 0.2) is 22.7 Å². The van der Waals surface area contributed by atoms with Gasteiger partial charge in [-0.15, -0.1) is 0 Å². The Morgan fingerprint density at radius 1 is 1.53 bits per heavy atom. The maximum absolute atomic E-state index is 10.7. The van der Waals surface area contributed by atoms with Crippen LogP contribution in [0.25, 0.3) is 0 Å². The Morgan fingerprint density at radius 2 is 2.27 bits per heavy atom. The third-order valence-corrected chi connectivity index (χ3v) is 2.22. The van der Waals surface area contributed by atoms with Crippen LogP contribution in [0.3, 0.4) is 0 Å². The molecule has 0 atom stereocenters. The molecule has 0 radical (unpaired) electrons. The zero-order chi connectivity index (χ0) is 11.3. The summed E-state index contributed by atoms with van der Waals surface area (Å²) in [6.45, 7) is 0.885. The first kappa shape index (κ1) is 11.9. The first-order valence-electron chi connectivity index (χ1n) is 4.42. The highest BCUT2D eigenvalue weighted by Gasteiger charge is 2.14. The summed E-state index contributed by atoms with van der Waals surface area (Å²) in [7, 11) is 0. The van der Waals surface area contributed by atoms with Crippen LogP contribution in [0.5, 0.6) is 5.75 Å². The van der Waals surface area contributed by atoms with E-state index in [4.69, 9.17) is 10.5 Å². The predicted octanol–water partition coefficient (Wildman–Crippen LogP) is 2.08. The summed E-state index contributed by atoms with van der Waals surface area (Å²) in [5.41, 5.74) is 5.27. The van der Waals surface area contributed by atoms with E-state index in [0.29, 0.717) is 19.6 Å². The number of ether oxygens (including phenoxy) is 1. The number of nitrogens with two attached hydrogens (primary N) is 1. The van der Waals surface area contributed by atoms with Gasteiger partial charge in [0, 0.05) is 16.6 Å². The molecule has 0 aliphatic rings. The highest BCUT2D eigenvalue weighted by molar-refractivity contribution is 9.10. The summed E-state index contributed by atoms with van der Waals surface area (Å²) in [6, 6.07) is 4.59. The number of nitrogens with zero attached hydrogens (tertiary/aromatic N) is 1. The number of benzene rings is 1. The summed E-state index contributed by atoms with van der Waals surface area (Å²) in [4.78, 5) is 10.2. The SMILES string of the molecule is NCCCOc1cc(Br)ccc1[N+](=O)[O-]. The van der Waals surface area contributed by atoms with Crippen LogP contribution < -0.4 is 10.5 Å². The van der Waals surface area contributed by atoms with Gasteiger partial charge >= 0.3 is 5.69 Å². The molecule has 0 aromatic heterocycles. The summed E-state index contributed by atoms with van der Waals surface area (Å²) >= 11 is 3.23. The van der Waals surface area contributed by atoms with Crippen molar-refractivity contribution in [2.45, 2.75) is 6.42 Å². The fraction of sp³-hybridized carbons (Fsp3) is 0.333. The molecule has 2 N–H and O–H groups in total. The Hall–Kier alpha value is -1.14. The van der Waals surface area contributed by atoms with E-state index in [1.165, 1.54) is 6.07 Å². The lowest BCUT2D eigenvalue weighted by atomic mass is 10.3. The van der Waals surface area contributed by atoms with E-state index in [1.807, 2.05) is 0 Å². The van der Waals surface area contributed by atoms with E-state index in [9.17, 15) is 10.1 Å². The van der Waals surface area contributed by atoms with Gasteiger partial charge in [-0.25, -0.2) is 0 Å². The van der Waals surface area contributed by atoms with Crippen LogP contribution >= 0.6 is 15.9 Å². The minimum absolute atomic E-state index is 0.0322. The third kappa shape index (κ3) is 3.49. The van der Waals surface area contributed by atoms with Crippen molar-refractivity contribution in [3.63, 3.8) is 0 Å². The number of halogens is 1. The molecule has 1 rings (SSSR count). The highest BCUT2D eigenvalue weighted by atomic mass is 79.9. The van der Waals surface area contributed by atoms with Gasteiger partial charge in [-0.2, -0.15) is 0 Å². The standard InChI is InChI=1S/C9H11BrN2O3/c10-7-2-3-8(12(13)14)9(6-7)15-5-1-4-11/h2-3,6H,1,4-5,11H2. The van der Waals surface area contributed by atoms with Gasteiger partial charge < -0.3 is 10.5 Å². The molecule has 0 amide bonds. The molecule has 5 nitrogen and oxygen atoms in total. The largest absolute Gasteiger partial charge is 0.487 e. The van der Waals surface area contributed by atoms with Gasteiger partial charge in [0.05, 0.1) is 11.5 Å². The molecule has 1 aromatic rings. The molecule has 0 unspecified atom stereocenters. The van der Waals surface area contributed by atoms with Crippen LogP contribution in [0, 0.1) is 10.1 Å². The van der Waals surface area contributed by atoms with Crippen LogP contribution in [-0.4, -0.2) is 18.1 Å². The second-order valence-electron chi connectivity index (χ2n) is 2.86. The van der Waals surface area contributed by atoms with Crippen LogP contribution in [-0.2, 0) is 0 Å². The van der Waals surface area contributed by atoms with Gasteiger partial charge in [0.25, 0.3) is 0 Å². The Morgan fingerprint density at radius 3 is 2.87 bits per heavy atom. The number of hydrogen-bond acceptors (Lipinski definition) is 4. The number of rotatable bonds is 5. The van der Waals surface area contributed by atoms with E-state index < -0.39 is 4.92 Å². The van der Waals surface area contributed by atoms with Crippen molar-refractivity contribution in [2.75, 3.05) is 13.2 Å². The zero-order valence-corrected chi connectivity index (χ0v) is 9.57. The molecule has 1 aromatic carbocycles. The summed E-state index contributed by atoms with van der Waals surface area (Å²) in [5.74, 6) is 0.267. The molecule has 6 heteroatoms. The zero-order valence-electron chi connectivity index (χ0n) is 7.98. The maximum Gasteiger partial charge on any atom is 0.310 e. The molecular formula is C9H11BrN2O3. The number of hydrogen-bond donors (Lipinski definition) is 1. The van der Waals surface area contributed by atoms with Crippen molar-refractivity contribution in [1.82, 2.24) is 0 Å². The second kappa shape index (κ2) is 5.67. The molecule has 0 saturated carbocycles. The normalized spacial score (nSPS) is 10.0. The van der Waals surface area contributed by atoms with Gasteiger partial charge in [0.15, 0.2) is 5.75 Å². The minimum atomic E-state index is -0.468. The lowest BCUT2D eigenvalue weighted by molar-refractivity contribution is -0.385. The van der Waals surface area contributed by atoms with Crippen LogP contribution in [0.4, 0.5) is 5.69 Å². The lowest BCUT2D eigenvalue weighted by Gasteiger charge is -2.05. The molecule has 15 heavy (non-hydrogen) atoms. The summed E-state index contributed by atoms with van der Waals surface area (Å²) in [5, 5.41) is 10.7. The van der Waals surface area contributed by atoms with Crippen molar-refractivity contribution in [1.29, 1.82) is 0 Å². The average molecular weight is 275 g/mol. The molecule has 0 fully saturated rings. The quantitative estimate of drug-likeness (QED) is 0.507. The molecule has 0 heterocycles. The molecule has 0 bridgehead atoms. The number of nitro groups is 1. The third-order valence-electron chi connectivity index (χ3n) is 1.72. The Bertz CT molecular complexity index is 357. The van der Waals surface area contributed by atoms with E-state index in [2.05, 4.69) is 15.9 Å². The minimum Gasteiger partial charge on any atom is -0.487 e. The van der Waals surface area contributed by atoms with Crippen LogP contribution in [0.2, 0.25) is 0 Å². The highest BCUT2D eigenvalue weighted by Crippen LogP contribution is 2.30. The lowest BCUT2D eigenvalue weighted by Crippen LogP contribution is -2.07. The Kier molecular flexibility index (Phi) is 4.51.